The number of esters is 2. The molecule has 0 aromatic rings. The fourth-order valence-electron chi connectivity index (χ4n) is 3.30. The first-order valence-corrected chi connectivity index (χ1v) is 8.91. The fourth-order valence-corrected chi connectivity index (χ4v) is 3.30. The van der Waals surface area contributed by atoms with E-state index in [9.17, 15) is 14.4 Å². The summed E-state index contributed by atoms with van der Waals surface area (Å²) in [7, 11) is 0. The number of rotatable bonds is 2. The van der Waals surface area contributed by atoms with E-state index in [1.54, 1.807) is 60.6 Å². The lowest BCUT2D eigenvalue weighted by atomic mass is 9.98. The van der Waals surface area contributed by atoms with E-state index in [1.165, 1.54) is 4.90 Å². The third-order valence-electron chi connectivity index (χ3n) is 4.10. The van der Waals surface area contributed by atoms with Gasteiger partial charge in [0.1, 0.15) is 23.3 Å². The summed E-state index contributed by atoms with van der Waals surface area (Å²) in [5.74, 6) is -1.51. The van der Waals surface area contributed by atoms with E-state index in [4.69, 9.17) is 14.2 Å². The number of amides is 1. The molecule has 0 spiro atoms. The maximum atomic E-state index is 12.8. The summed E-state index contributed by atoms with van der Waals surface area (Å²) >= 11 is 0. The van der Waals surface area contributed by atoms with Gasteiger partial charge in [0.15, 0.2) is 0 Å². The van der Waals surface area contributed by atoms with Crippen LogP contribution < -0.4 is 0 Å². The Morgan fingerprint density at radius 3 is 2.19 bits per heavy atom. The summed E-state index contributed by atoms with van der Waals surface area (Å²) in [6.45, 7) is 12.3. The number of cyclic esters (lactones) is 1. The van der Waals surface area contributed by atoms with Gasteiger partial charge in [-0.05, 0) is 61.0 Å². The molecule has 7 heteroatoms. The molecule has 2 heterocycles. The number of hydrogen-bond acceptors (Lipinski definition) is 6. The molecule has 146 valence electrons. The van der Waals surface area contributed by atoms with Crippen LogP contribution in [0.1, 0.15) is 54.9 Å². The molecule has 0 aromatic carbocycles. The van der Waals surface area contributed by atoms with Crippen LogP contribution in [0.5, 0.6) is 0 Å². The Kier molecular flexibility index (Phi) is 5.40. The smallest absolute Gasteiger partial charge is 0.411 e. The number of carbonyl (C=O) groups excluding carboxylic acids is 3. The topological polar surface area (TPSA) is 82.1 Å². The van der Waals surface area contributed by atoms with Gasteiger partial charge in [0.25, 0.3) is 0 Å². The van der Waals surface area contributed by atoms with Crippen molar-refractivity contribution in [1.82, 2.24) is 4.90 Å². The highest BCUT2D eigenvalue weighted by Crippen LogP contribution is 2.41. The summed E-state index contributed by atoms with van der Waals surface area (Å²) in [5, 5.41) is 0. The minimum atomic E-state index is -0.875. The molecule has 0 aromatic heterocycles. The molecule has 2 aliphatic rings. The Bertz CT molecular complexity index is 612. The number of nitrogens with zero attached hydrogens (tertiary/aromatic N) is 1. The Hall–Kier alpha value is -2.05. The van der Waals surface area contributed by atoms with Crippen LogP contribution in [0, 0.1) is 5.92 Å². The van der Waals surface area contributed by atoms with Crippen LogP contribution in [-0.4, -0.2) is 52.3 Å². The number of hydrogen-bond donors (Lipinski definition) is 0. The Morgan fingerprint density at radius 1 is 1.12 bits per heavy atom. The molecule has 0 unspecified atom stereocenters. The van der Waals surface area contributed by atoms with E-state index >= 15 is 0 Å². The maximum Gasteiger partial charge on any atom is 0.411 e. The standard InChI is InChI=1S/C19H29NO6/c1-8-9-13-14-11(15(21)24-13)10-12(16(22)25-18(2,3)4)20(14)17(23)26-19(5,6)7/h8-9,11-14H,10H2,1-7H3/b9-8+/t11-,12+,13+,14+/m1/s1. The molecule has 0 radical (unpaired) electrons. The largest absolute Gasteiger partial charge is 0.458 e. The highest BCUT2D eigenvalue weighted by Gasteiger charge is 2.59. The second-order valence-electron chi connectivity index (χ2n) is 8.70. The zero-order valence-electron chi connectivity index (χ0n) is 16.6. The zero-order valence-corrected chi connectivity index (χ0v) is 16.6. The molecular formula is C19H29NO6. The first-order chi connectivity index (χ1) is 11.8. The van der Waals surface area contributed by atoms with Crippen molar-refractivity contribution in [2.45, 2.75) is 84.3 Å². The Labute approximate surface area is 154 Å². The normalized spacial score (nSPS) is 28.9. The molecule has 1 amide bonds. The van der Waals surface area contributed by atoms with E-state index in [-0.39, 0.29) is 6.42 Å². The van der Waals surface area contributed by atoms with Gasteiger partial charge in [0.2, 0.25) is 0 Å². The molecule has 7 nitrogen and oxygen atoms in total. The SMILES string of the molecule is C/C=C/[C@@H]1OC(=O)[C@@H]2C[C@@H](C(=O)OC(C)(C)C)N(C(=O)OC(C)(C)C)[C@H]12. The molecular weight excluding hydrogens is 338 g/mol. The lowest BCUT2D eigenvalue weighted by Crippen LogP contribution is -2.51. The minimum Gasteiger partial charge on any atom is -0.458 e. The molecule has 26 heavy (non-hydrogen) atoms. The molecule has 2 aliphatic heterocycles. The van der Waals surface area contributed by atoms with E-state index < -0.39 is 53.3 Å². The van der Waals surface area contributed by atoms with Crippen LogP contribution in [0.3, 0.4) is 0 Å². The molecule has 4 atom stereocenters. The molecule has 0 bridgehead atoms. The lowest BCUT2D eigenvalue weighted by Gasteiger charge is -2.33. The van der Waals surface area contributed by atoms with Gasteiger partial charge in [-0.15, -0.1) is 0 Å². The summed E-state index contributed by atoms with van der Waals surface area (Å²) in [4.78, 5) is 39.1. The third kappa shape index (κ3) is 4.37. The van der Waals surface area contributed by atoms with Gasteiger partial charge >= 0.3 is 18.0 Å². The van der Waals surface area contributed by atoms with Crippen molar-refractivity contribution in [3.8, 4) is 0 Å². The number of fused-ring (bicyclic) bond motifs is 1. The van der Waals surface area contributed by atoms with Crippen molar-refractivity contribution in [3.05, 3.63) is 12.2 Å². The average molecular weight is 367 g/mol. The van der Waals surface area contributed by atoms with E-state index in [0.29, 0.717) is 0 Å². The molecule has 0 saturated carbocycles. The highest BCUT2D eigenvalue weighted by molar-refractivity contribution is 5.87. The number of ether oxygens (including phenoxy) is 3. The molecule has 2 fully saturated rings. The van der Waals surface area contributed by atoms with Crippen molar-refractivity contribution >= 4 is 18.0 Å². The number of allylic oxidation sites excluding steroid dienone is 1. The summed E-state index contributed by atoms with van der Waals surface area (Å²) < 4.78 is 16.3. The first-order valence-electron chi connectivity index (χ1n) is 8.91. The van der Waals surface area contributed by atoms with Crippen molar-refractivity contribution < 1.29 is 28.6 Å². The van der Waals surface area contributed by atoms with Crippen molar-refractivity contribution in [3.63, 3.8) is 0 Å². The third-order valence-corrected chi connectivity index (χ3v) is 4.10. The van der Waals surface area contributed by atoms with Crippen molar-refractivity contribution in [2.75, 3.05) is 0 Å². The van der Waals surface area contributed by atoms with Crippen molar-refractivity contribution in [2.24, 2.45) is 5.92 Å². The fraction of sp³-hybridized carbons (Fsp3) is 0.737. The predicted molar refractivity (Wildman–Crippen MR) is 94.3 cm³/mol. The van der Waals surface area contributed by atoms with Gasteiger partial charge in [-0.1, -0.05) is 6.08 Å². The lowest BCUT2D eigenvalue weighted by molar-refractivity contribution is -0.161. The first kappa shape index (κ1) is 20.3. The van der Waals surface area contributed by atoms with Crippen molar-refractivity contribution in [1.29, 1.82) is 0 Å². The van der Waals surface area contributed by atoms with Gasteiger partial charge in [0.05, 0.1) is 12.0 Å². The van der Waals surface area contributed by atoms with Gasteiger partial charge in [-0.25, -0.2) is 9.59 Å². The number of carbonyl (C=O) groups is 3. The minimum absolute atomic E-state index is 0.172. The molecule has 2 saturated heterocycles. The molecule has 0 aliphatic carbocycles. The van der Waals surface area contributed by atoms with E-state index in [1.807, 2.05) is 0 Å². The van der Waals surface area contributed by atoms with E-state index in [0.717, 1.165) is 0 Å². The zero-order chi connectivity index (χ0) is 19.9. The molecule has 2 rings (SSSR count). The second-order valence-corrected chi connectivity index (χ2v) is 8.70. The van der Waals surface area contributed by atoms with Crippen LogP contribution in [0.2, 0.25) is 0 Å². The summed E-state index contributed by atoms with van der Waals surface area (Å²) in [6.07, 6.45) is 2.41. The number of likely N-dealkylation sites (tertiary alicyclic amines) is 1. The maximum absolute atomic E-state index is 12.8. The van der Waals surface area contributed by atoms with Crippen LogP contribution in [0.25, 0.3) is 0 Å². The van der Waals surface area contributed by atoms with Crippen LogP contribution in [-0.2, 0) is 23.8 Å². The molecule has 0 N–H and O–H groups in total. The van der Waals surface area contributed by atoms with E-state index in [2.05, 4.69) is 0 Å². The van der Waals surface area contributed by atoms with Crippen LogP contribution in [0.4, 0.5) is 4.79 Å². The Balaban J connectivity index is 2.36. The van der Waals surface area contributed by atoms with Gasteiger partial charge < -0.3 is 14.2 Å². The highest BCUT2D eigenvalue weighted by atomic mass is 16.6. The predicted octanol–water partition coefficient (Wildman–Crippen LogP) is 2.82. The summed E-state index contributed by atoms with van der Waals surface area (Å²) in [6, 6.07) is -1.45. The Morgan fingerprint density at radius 2 is 1.69 bits per heavy atom. The van der Waals surface area contributed by atoms with Crippen LogP contribution >= 0.6 is 0 Å². The monoisotopic (exact) mass is 367 g/mol. The second kappa shape index (κ2) is 6.93. The summed E-state index contributed by atoms with van der Waals surface area (Å²) in [5.41, 5.74) is -1.43. The van der Waals surface area contributed by atoms with Crippen LogP contribution in [0.15, 0.2) is 12.2 Å². The quantitative estimate of drug-likeness (QED) is 0.424. The van der Waals surface area contributed by atoms with Gasteiger partial charge in [-0.2, -0.15) is 0 Å². The average Bonchev–Trinajstić information content (AvgIpc) is 2.95. The van der Waals surface area contributed by atoms with Gasteiger partial charge in [-0.3, -0.25) is 9.69 Å². The van der Waals surface area contributed by atoms with Gasteiger partial charge in [0, 0.05) is 0 Å².